The number of aliphatic hydroxyl groups is 1. The summed E-state index contributed by atoms with van der Waals surface area (Å²) in [5, 5.41) is 18.0. The van der Waals surface area contributed by atoms with Gasteiger partial charge in [0.2, 0.25) is 5.91 Å². The van der Waals surface area contributed by atoms with E-state index >= 15 is 0 Å². The average Bonchev–Trinajstić information content (AvgIpc) is 2.61. The van der Waals surface area contributed by atoms with Crippen molar-refractivity contribution in [1.29, 1.82) is 0 Å². The van der Waals surface area contributed by atoms with Gasteiger partial charge in [0.05, 0.1) is 0 Å². The summed E-state index contributed by atoms with van der Waals surface area (Å²) in [5.41, 5.74) is 0.858. The van der Waals surface area contributed by atoms with Crippen LogP contribution in [-0.4, -0.2) is 69.8 Å². The van der Waals surface area contributed by atoms with Gasteiger partial charge in [0.25, 0.3) is 0 Å². The molecule has 136 valence electrons. The van der Waals surface area contributed by atoms with Gasteiger partial charge < -0.3 is 19.8 Å². The number of carboxylic acid groups (broad SMARTS) is 1. The number of carboxylic acids is 1. The predicted octanol–water partition coefficient (Wildman–Crippen LogP) is 0.692. The Morgan fingerprint density at radius 3 is 2.60 bits per heavy atom. The normalized spacial score (nSPS) is 18.8. The molecule has 8 heteroatoms. The number of aliphatic carboxylic acids is 1. The molecule has 0 aromatic heterocycles. The van der Waals surface area contributed by atoms with Crippen LogP contribution in [0.2, 0.25) is 0 Å². The third-order valence-electron chi connectivity index (χ3n) is 4.14. The van der Waals surface area contributed by atoms with Crippen LogP contribution in [0.1, 0.15) is 18.9 Å². The number of benzene rings is 1. The highest BCUT2D eigenvalue weighted by molar-refractivity contribution is 5.86. The minimum atomic E-state index is -1.50. The fourth-order valence-corrected chi connectivity index (χ4v) is 2.61. The molecule has 2 unspecified atom stereocenters. The highest BCUT2D eigenvalue weighted by Gasteiger charge is 2.35. The number of piperazine rings is 1. The van der Waals surface area contributed by atoms with Crippen molar-refractivity contribution >= 4 is 18.0 Å². The van der Waals surface area contributed by atoms with Gasteiger partial charge in [0.15, 0.2) is 6.10 Å². The Labute approximate surface area is 145 Å². The molecule has 25 heavy (non-hydrogen) atoms. The van der Waals surface area contributed by atoms with Crippen LogP contribution in [0, 0.1) is 0 Å². The molecule has 0 bridgehead atoms. The monoisotopic (exact) mass is 350 g/mol. The number of rotatable bonds is 6. The quantitative estimate of drug-likeness (QED) is 0.782. The van der Waals surface area contributed by atoms with E-state index in [4.69, 9.17) is 9.84 Å². The van der Waals surface area contributed by atoms with Crippen molar-refractivity contribution in [2.24, 2.45) is 0 Å². The maximum Gasteiger partial charge on any atom is 0.410 e. The highest BCUT2D eigenvalue weighted by atomic mass is 16.6. The van der Waals surface area contributed by atoms with Gasteiger partial charge in [0.1, 0.15) is 12.6 Å². The lowest BCUT2D eigenvalue weighted by atomic mass is 10.1. The van der Waals surface area contributed by atoms with Crippen molar-refractivity contribution in [3.8, 4) is 0 Å². The first-order chi connectivity index (χ1) is 11.9. The molecule has 1 aliphatic heterocycles. The summed E-state index contributed by atoms with van der Waals surface area (Å²) < 4.78 is 5.25. The van der Waals surface area contributed by atoms with E-state index in [1.54, 1.807) is 6.92 Å². The largest absolute Gasteiger partial charge is 0.479 e. The molecule has 2 rings (SSSR count). The van der Waals surface area contributed by atoms with Crippen LogP contribution in [0.4, 0.5) is 4.79 Å². The molecule has 2 N–H and O–H groups in total. The van der Waals surface area contributed by atoms with E-state index in [0.717, 1.165) is 5.56 Å². The van der Waals surface area contributed by atoms with Crippen LogP contribution in [-0.2, 0) is 20.9 Å². The fourth-order valence-electron chi connectivity index (χ4n) is 2.61. The molecule has 1 aliphatic rings. The van der Waals surface area contributed by atoms with Crippen molar-refractivity contribution in [3.63, 3.8) is 0 Å². The number of carbonyl (C=O) groups is 3. The summed E-state index contributed by atoms with van der Waals surface area (Å²) in [6.07, 6.45) is -2.11. The van der Waals surface area contributed by atoms with Crippen LogP contribution < -0.4 is 0 Å². The smallest absolute Gasteiger partial charge is 0.410 e. The maximum absolute atomic E-state index is 12.3. The van der Waals surface area contributed by atoms with E-state index in [1.807, 2.05) is 30.3 Å². The Bertz CT molecular complexity index is 621. The SMILES string of the molecule is CC1C(=O)N(CCC(O)C(=O)O)CCN1C(=O)OCc1ccccc1. The second kappa shape index (κ2) is 8.48. The summed E-state index contributed by atoms with van der Waals surface area (Å²) >= 11 is 0. The van der Waals surface area contributed by atoms with Crippen LogP contribution in [0.5, 0.6) is 0 Å². The number of amides is 2. The molecule has 2 amide bonds. The zero-order chi connectivity index (χ0) is 18.4. The molecule has 1 aromatic carbocycles. The number of hydrogen-bond acceptors (Lipinski definition) is 5. The van der Waals surface area contributed by atoms with Crippen LogP contribution in [0.15, 0.2) is 30.3 Å². The van der Waals surface area contributed by atoms with E-state index in [9.17, 15) is 19.5 Å². The first-order valence-electron chi connectivity index (χ1n) is 8.07. The lowest BCUT2D eigenvalue weighted by Crippen LogP contribution is -2.58. The summed E-state index contributed by atoms with van der Waals surface area (Å²) in [6.45, 7) is 2.43. The third-order valence-corrected chi connectivity index (χ3v) is 4.14. The molecule has 1 saturated heterocycles. The highest BCUT2D eigenvalue weighted by Crippen LogP contribution is 2.14. The molecular weight excluding hydrogens is 328 g/mol. The number of nitrogens with zero attached hydrogens (tertiary/aromatic N) is 2. The molecular formula is C17H22N2O6. The number of carbonyl (C=O) groups excluding carboxylic acids is 2. The van der Waals surface area contributed by atoms with Gasteiger partial charge in [-0.1, -0.05) is 30.3 Å². The minimum Gasteiger partial charge on any atom is -0.479 e. The van der Waals surface area contributed by atoms with E-state index in [0.29, 0.717) is 6.54 Å². The van der Waals surface area contributed by atoms with Crippen LogP contribution in [0.25, 0.3) is 0 Å². The van der Waals surface area contributed by atoms with Crippen molar-refractivity contribution < 1.29 is 29.3 Å². The topological polar surface area (TPSA) is 107 Å². The molecule has 8 nitrogen and oxygen atoms in total. The van der Waals surface area contributed by atoms with Gasteiger partial charge >= 0.3 is 12.1 Å². The number of aliphatic hydroxyl groups excluding tert-OH is 1. The Balaban J connectivity index is 1.85. The third kappa shape index (κ3) is 4.93. The van der Waals surface area contributed by atoms with Gasteiger partial charge in [-0.05, 0) is 12.5 Å². The van der Waals surface area contributed by atoms with Crippen molar-refractivity contribution in [3.05, 3.63) is 35.9 Å². The van der Waals surface area contributed by atoms with Crippen LogP contribution in [0.3, 0.4) is 0 Å². The first kappa shape index (κ1) is 18.7. The van der Waals surface area contributed by atoms with Gasteiger partial charge in [-0.3, -0.25) is 9.69 Å². The Kier molecular flexibility index (Phi) is 6.35. The molecule has 1 fully saturated rings. The summed E-state index contributed by atoms with van der Waals surface area (Å²) in [4.78, 5) is 38.0. The predicted molar refractivity (Wildman–Crippen MR) is 87.6 cm³/mol. The van der Waals surface area contributed by atoms with E-state index in [2.05, 4.69) is 0 Å². The lowest BCUT2D eigenvalue weighted by Gasteiger charge is -2.38. The molecule has 1 heterocycles. The summed E-state index contributed by atoms with van der Waals surface area (Å²) in [5.74, 6) is -1.61. The van der Waals surface area contributed by atoms with Crippen molar-refractivity contribution in [2.45, 2.75) is 32.1 Å². The molecule has 0 radical (unpaired) electrons. The second-order valence-electron chi connectivity index (χ2n) is 5.88. The zero-order valence-electron chi connectivity index (χ0n) is 14.0. The van der Waals surface area contributed by atoms with Crippen molar-refractivity contribution in [2.75, 3.05) is 19.6 Å². The maximum atomic E-state index is 12.3. The Morgan fingerprint density at radius 1 is 1.28 bits per heavy atom. The Morgan fingerprint density at radius 2 is 1.96 bits per heavy atom. The molecule has 0 spiro atoms. The lowest BCUT2D eigenvalue weighted by molar-refractivity contribution is -0.148. The fraction of sp³-hybridized carbons (Fsp3) is 0.471. The van der Waals surface area contributed by atoms with Crippen LogP contribution >= 0.6 is 0 Å². The standard InChI is InChI=1S/C17H22N2O6/c1-12-15(21)18(8-7-14(20)16(22)23)9-10-19(12)17(24)25-11-13-5-3-2-4-6-13/h2-6,12,14,20H,7-11H2,1H3,(H,22,23). The summed E-state index contributed by atoms with van der Waals surface area (Å²) in [6, 6.07) is 8.55. The van der Waals surface area contributed by atoms with Gasteiger partial charge in [-0.25, -0.2) is 9.59 Å². The van der Waals surface area contributed by atoms with Gasteiger partial charge in [-0.15, -0.1) is 0 Å². The van der Waals surface area contributed by atoms with E-state index < -0.39 is 24.2 Å². The van der Waals surface area contributed by atoms with E-state index in [-0.39, 0.29) is 32.0 Å². The van der Waals surface area contributed by atoms with Gasteiger partial charge in [-0.2, -0.15) is 0 Å². The molecule has 0 aliphatic carbocycles. The average molecular weight is 350 g/mol. The van der Waals surface area contributed by atoms with Gasteiger partial charge in [0, 0.05) is 26.1 Å². The zero-order valence-corrected chi connectivity index (χ0v) is 14.0. The molecule has 0 saturated carbocycles. The second-order valence-corrected chi connectivity index (χ2v) is 5.88. The molecule has 1 aromatic rings. The summed E-state index contributed by atoms with van der Waals surface area (Å²) in [7, 11) is 0. The Hall–Kier alpha value is -2.61. The first-order valence-corrected chi connectivity index (χ1v) is 8.07. The minimum absolute atomic E-state index is 0.0494. The number of ether oxygens (including phenoxy) is 1. The molecule has 2 atom stereocenters. The number of hydrogen-bond donors (Lipinski definition) is 2. The van der Waals surface area contributed by atoms with E-state index in [1.165, 1.54) is 9.80 Å². The van der Waals surface area contributed by atoms with Crippen molar-refractivity contribution in [1.82, 2.24) is 9.80 Å².